The Balaban J connectivity index is 4.07. The average Bonchev–Trinajstić information content (AvgIpc) is 3.37. The van der Waals surface area contributed by atoms with Gasteiger partial charge >= 0.3 is 11.9 Å². The fraction of sp³-hybridized carbons (Fsp3) is 0.877. The molecule has 0 saturated heterocycles. The Hall–Kier alpha value is -1.77. The number of ether oxygens (including phenoxy) is 2. The van der Waals surface area contributed by atoms with Gasteiger partial charge in [0.25, 0.3) is 7.82 Å². The third-order valence-corrected chi connectivity index (χ3v) is 15.4. The van der Waals surface area contributed by atoms with Crippen molar-refractivity contribution in [3.63, 3.8) is 0 Å². The maximum atomic E-state index is 12.8. The topological polar surface area (TPSA) is 111 Å². The lowest BCUT2D eigenvalue weighted by atomic mass is 10.0. The van der Waals surface area contributed by atoms with Crippen molar-refractivity contribution < 1.29 is 42.1 Å². The van der Waals surface area contributed by atoms with E-state index in [1.165, 1.54) is 225 Å². The van der Waals surface area contributed by atoms with Gasteiger partial charge in [0.15, 0.2) is 6.10 Å². The number of unbranched alkanes of at least 4 members (excludes halogenated alkanes) is 40. The maximum absolute atomic E-state index is 12.8. The second-order valence-corrected chi connectivity index (χ2v) is 24.5. The van der Waals surface area contributed by atoms with Gasteiger partial charge in [-0.15, -0.1) is 0 Å². The molecule has 0 aliphatic carbocycles. The van der Waals surface area contributed by atoms with Crippen LogP contribution in [0.5, 0.6) is 0 Å². The fourth-order valence-corrected chi connectivity index (χ4v) is 10.2. The summed E-state index contributed by atoms with van der Waals surface area (Å²) in [5.41, 5.74) is 0. The van der Waals surface area contributed by atoms with Gasteiger partial charge in [-0.25, -0.2) is 0 Å². The van der Waals surface area contributed by atoms with Gasteiger partial charge in [0.05, 0.1) is 27.7 Å². The molecule has 0 fully saturated rings. The summed E-state index contributed by atoms with van der Waals surface area (Å²) < 4.78 is 34.2. The van der Waals surface area contributed by atoms with E-state index in [0.717, 1.165) is 57.8 Å². The molecule has 2 unspecified atom stereocenters. The highest BCUT2D eigenvalue weighted by molar-refractivity contribution is 7.45. The van der Waals surface area contributed by atoms with E-state index in [1.807, 2.05) is 21.1 Å². The summed E-state index contributed by atoms with van der Waals surface area (Å²) in [7, 11) is 1.17. The zero-order valence-corrected chi connectivity index (χ0v) is 51.2. The van der Waals surface area contributed by atoms with Crippen molar-refractivity contribution >= 4 is 19.8 Å². The number of likely N-dealkylation sites (N-methyl/N-ethyl adjacent to an activating group) is 1. The van der Waals surface area contributed by atoms with E-state index < -0.39 is 26.5 Å². The van der Waals surface area contributed by atoms with E-state index in [-0.39, 0.29) is 32.0 Å². The standard InChI is InChI=1S/C65H124NO8P/c1-6-8-10-12-14-16-18-20-22-24-26-28-30-31-32-33-34-36-37-39-41-43-45-47-49-51-53-55-57-64(67)71-61-63(62-73-75(69,70)72-60-59-66(3,4)5)74-65(68)58-56-54-52-50-48-46-44-42-40-38-35-29-27-25-23-21-19-17-15-13-11-9-7-2/h19,21,25,27,35,38,63H,6-18,20,22-24,26,28-34,36-37,39-62H2,1-5H3/b21-19-,27-25-,38-35-. The first-order valence-electron chi connectivity index (χ1n) is 32.2. The maximum Gasteiger partial charge on any atom is 0.306 e. The van der Waals surface area contributed by atoms with Crippen molar-refractivity contribution in [1.82, 2.24) is 0 Å². The Labute approximate surface area is 465 Å². The Morgan fingerprint density at radius 1 is 0.413 bits per heavy atom. The molecule has 0 aromatic heterocycles. The van der Waals surface area contributed by atoms with Crippen LogP contribution in [0.3, 0.4) is 0 Å². The zero-order valence-electron chi connectivity index (χ0n) is 50.3. The Morgan fingerprint density at radius 3 is 1.07 bits per heavy atom. The summed E-state index contributed by atoms with van der Waals surface area (Å²) in [6, 6.07) is 0. The van der Waals surface area contributed by atoms with Gasteiger partial charge in [-0.1, -0.05) is 288 Å². The van der Waals surface area contributed by atoms with Crippen molar-refractivity contribution in [3.8, 4) is 0 Å². The van der Waals surface area contributed by atoms with Crippen molar-refractivity contribution in [2.45, 2.75) is 322 Å². The van der Waals surface area contributed by atoms with E-state index in [4.69, 9.17) is 18.5 Å². The van der Waals surface area contributed by atoms with Crippen molar-refractivity contribution in [2.24, 2.45) is 0 Å². The molecule has 442 valence electrons. The van der Waals surface area contributed by atoms with Crippen LogP contribution in [0.1, 0.15) is 316 Å². The van der Waals surface area contributed by atoms with Crippen LogP contribution >= 0.6 is 7.82 Å². The van der Waals surface area contributed by atoms with Crippen LogP contribution in [0.15, 0.2) is 36.5 Å². The summed E-state index contributed by atoms with van der Waals surface area (Å²) in [5.74, 6) is -0.826. The summed E-state index contributed by atoms with van der Waals surface area (Å²) in [6.07, 6.45) is 70.7. The summed E-state index contributed by atoms with van der Waals surface area (Å²) in [6.45, 7) is 4.27. The number of phosphoric acid groups is 1. The molecule has 0 aliphatic heterocycles. The van der Waals surface area contributed by atoms with Crippen LogP contribution in [0.2, 0.25) is 0 Å². The Morgan fingerprint density at radius 2 is 0.720 bits per heavy atom. The molecule has 0 aromatic rings. The molecule has 10 heteroatoms. The number of carbonyl (C=O) groups is 2. The quantitative estimate of drug-likeness (QED) is 0.0195. The van der Waals surface area contributed by atoms with Gasteiger partial charge in [-0.05, 0) is 51.4 Å². The minimum absolute atomic E-state index is 0.0310. The number of carbonyl (C=O) groups excluding carboxylic acids is 2. The number of esters is 2. The van der Waals surface area contributed by atoms with Crippen molar-refractivity contribution in [2.75, 3.05) is 47.5 Å². The second kappa shape index (κ2) is 56.9. The lowest BCUT2D eigenvalue weighted by Crippen LogP contribution is -2.37. The summed E-state index contributed by atoms with van der Waals surface area (Å²) in [5, 5.41) is 0. The average molecular weight is 1080 g/mol. The van der Waals surface area contributed by atoms with Crippen LogP contribution in [-0.2, 0) is 32.7 Å². The van der Waals surface area contributed by atoms with E-state index in [2.05, 4.69) is 50.3 Å². The second-order valence-electron chi connectivity index (χ2n) is 23.1. The number of allylic oxidation sites excluding steroid dienone is 6. The fourth-order valence-electron chi connectivity index (χ4n) is 9.43. The molecular weight excluding hydrogens is 954 g/mol. The van der Waals surface area contributed by atoms with E-state index in [1.54, 1.807) is 0 Å². The van der Waals surface area contributed by atoms with Crippen LogP contribution in [0.4, 0.5) is 0 Å². The third kappa shape index (κ3) is 61.3. The molecule has 0 spiro atoms. The predicted octanol–water partition coefficient (Wildman–Crippen LogP) is 19.7. The molecule has 2 atom stereocenters. The molecule has 0 heterocycles. The molecule has 0 N–H and O–H groups in total. The number of rotatable bonds is 60. The van der Waals surface area contributed by atoms with Crippen molar-refractivity contribution in [1.29, 1.82) is 0 Å². The van der Waals surface area contributed by atoms with Gasteiger partial charge in [-0.3, -0.25) is 14.2 Å². The van der Waals surface area contributed by atoms with Gasteiger partial charge in [-0.2, -0.15) is 0 Å². The van der Waals surface area contributed by atoms with E-state index in [0.29, 0.717) is 17.4 Å². The largest absolute Gasteiger partial charge is 0.756 e. The summed E-state index contributed by atoms with van der Waals surface area (Å²) in [4.78, 5) is 38.0. The molecule has 0 amide bonds. The highest BCUT2D eigenvalue weighted by Gasteiger charge is 2.22. The van der Waals surface area contributed by atoms with Gasteiger partial charge in [0, 0.05) is 12.8 Å². The monoisotopic (exact) mass is 1080 g/mol. The van der Waals surface area contributed by atoms with Crippen LogP contribution in [-0.4, -0.2) is 70.0 Å². The zero-order chi connectivity index (χ0) is 54.9. The lowest BCUT2D eigenvalue weighted by molar-refractivity contribution is -0.870. The molecule has 75 heavy (non-hydrogen) atoms. The number of hydrogen-bond acceptors (Lipinski definition) is 8. The molecule has 0 aliphatic rings. The highest BCUT2D eigenvalue weighted by atomic mass is 31.2. The highest BCUT2D eigenvalue weighted by Crippen LogP contribution is 2.38. The Bertz CT molecular complexity index is 1360. The van der Waals surface area contributed by atoms with Crippen LogP contribution in [0, 0.1) is 0 Å². The molecular formula is C65H124NO8P. The van der Waals surface area contributed by atoms with Gasteiger partial charge in [0.2, 0.25) is 0 Å². The summed E-state index contributed by atoms with van der Waals surface area (Å²) >= 11 is 0. The Kier molecular flexibility index (Phi) is 55.6. The number of phosphoric ester groups is 1. The van der Waals surface area contributed by atoms with Crippen LogP contribution in [0.25, 0.3) is 0 Å². The smallest absolute Gasteiger partial charge is 0.306 e. The minimum atomic E-state index is -4.64. The minimum Gasteiger partial charge on any atom is -0.756 e. The molecule has 9 nitrogen and oxygen atoms in total. The third-order valence-electron chi connectivity index (χ3n) is 14.4. The number of quaternary nitrogens is 1. The lowest BCUT2D eigenvalue weighted by Gasteiger charge is -2.28. The first-order chi connectivity index (χ1) is 36.5. The van der Waals surface area contributed by atoms with Crippen molar-refractivity contribution in [3.05, 3.63) is 36.5 Å². The van der Waals surface area contributed by atoms with Crippen LogP contribution < -0.4 is 4.89 Å². The number of nitrogens with zero attached hydrogens (tertiary/aromatic N) is 1. The molecule has 0 aromatic carbocycles. The SMILES string of the molecule is CCCCCCC/C=C\C/C=C\C/C=C\CCCCCCCCCCC(=O)OC(COC(=O)CCCCCCCCCCCCCCCCCCCCCCCCCCCCCC)COP(=O)([O-])OCC[N+](C)(C)C. The molecule has 0 rings (SSSR count). The molecule has 0 bridgehead atoms. The predicted molar refractivity (Wildman–Crippen MR) is 319 cm³/mol. The van der Waals surface area contributed by atoms with E-state index >= 15 is 0 Å². The first-order valence-corrected chi connectivity index (χ1v) is 33.7. The van der Waals surface area contributed by atoms with Gasteiger partial charge in [0.1, 0.15) is 19.8 Å². The molecule has 0 radical (unpaired) electrons. The van der Waals surface area contributed by atoms with E-state index in [9.17, 15) is 19.0 Å². The molecule has 0 saturated carbocycles. The first kappa shape index (κ1) is 73.2. The number of hydrogen-bond donors (Lipinski definition) is 0. The normalized spacial score (nSPS) is 13.4. The van der Waals surface area contributed by atoms with Gasteiger partial charge < -0.3 is 27.9 Å².